The number of nitrogens with zero attached hydrogens (tertiary/aromatic N) is 1. The van der Waals surface area contributed by atoms with Crippen LogP contribution < -0.4 is 9.99 Å². The van der Waals surface area contributed by atoms with Crippen molar-refractivity contribution in [1.82, 2.24) is 0 Å². The standard InChI is InChI=1S/C13H11Cl3N2OS2/c1-6(2)12(19)18-9-5-7(3-4-8(9)14)17-13-10(15)11(16)20-21-13/h3-6H,1-2H3,(H,18,19). The molecule has 1 aromatic carbocycles. The molecule has 0 saturated carbocycles. The summed E-state index contributed by atoms with van der Waals surface area (Å²) in [4.78, 5) is 16.2. The third kappa shape index (κ3) is 4.20. The van der Waals surface area contributed by atoms with Crippen molar-refractivity contribution in [2.45, 2.75) is 13.8 Å². The first kappa shape index (κ1) is 16.8. The third-order valence-electron chi connectivity index (χ3n) is 2.52. The molecule has 0 saturated heterocycles. The zero-order chi connectivity index (χ0) is 15.6. The highest BCUT2D eigenvalue weighted by molar-refractivity contribution is 7.69. The molecule has 1 amide bonds. The predicted molar refractivity (Wildman–Crippen MR) is 92.4 cm³/mol. The Balaban J connectivity index is 2.37. The zero-order valence-electron chi connectivity index (χ0n) is 11.1. The van der Waals surface area contributed by atoms with E-state index >= 15 is 0 Å². The van der Waals surface area contributed by atoms with Crippen LogP contribution in [0.5, 0.6) is 0 Å². The fourth-order valence-electron chi connectivity index (χ4n) is 1.37. The Morgan fingerprint density at radius 3 is 2.52 bits per heavy atom. The van der Waals surface area contributed by atoms with Crippen LogP contribution in [0.2, 0.25) is 14.4 Å². The molecule has 8 heteroatoms. The van der Waals surface area contributed by atoms with Crippen LogP contribution in [0, 0.1) is 5.92 Å². The second kappa shape index (κ2) is 7.11. The summed E-state index contributed by atoms with van der Waals surface area (Å²) in [5.41, 5.74) is 1.17. The zero-order valence-corrected chi connectivity index (χ0v) is 15.0. The summed E-state index contributed by atoms with van der Waals surface area (Å²) in [7, 11) is 2.75. The summed E-state index contributed by atoms with van der Waals surface area (Å²) < 4.78 is 1.15. The first-order valence-electron chi connectivity index (χ1n) is 5.97. The number of hydrogen-bond donors (Lipinski definition) is 1. The second-order valence-corrected chi connectivity index (χ2v) is 7.99. The maximum Gasteiger partial charge on any atom is 0.226 e. The van der Waals surface area contributed by atoms with E-state index < -0.39 is 0 Å². The van der Waals surface area contributed by atoms with Crippen molar-refractivity contribution < 1.29 is 4.79 Å². The lowest BCUT2D eigenvalue weighted by Crippen LogP contribution is -2.17. The van der Waals surface area contributed by atoms with Crippen LogP contribution in [-0.4, -0.2) is 5.91 Å². The van der Waals surface area contributed by atoms with Gasteiger partial charge in [0.1, 0.15) is 14.0 Å². The van der Waals surface area contributed by atoms with Crippen LogP contribution >= 0.6 is 55.5 Å². The Morgan fingerprint density at radius 2 is 1.95 bits per heavy atom. The minimum atomic E-state index is -0.131. The number of carbonyl (C=O) groups excluding carboxylic acids is 1. The van der Waals surface area contributed by atoms with Crippen molar-refractivity contribution >= 4 is 72.8 Å². The fraction of sp³-hybridized carbons (Fsp3) is 0.231. The molecule has 0 aliphatic rings. The molecule has 0 unspecified atom stereocenters. The second-order valence-electron chi connectivity index (χ2n) is 4.48. The molecule has 112 valence electrons. The normalized spacial score (nSPS) is 12.0. The summed E-state index contributed by atoms with van der Waals surface area (Å²) in [5, 5.41) is 3.67. The van der Waals surface area contributed by atoms with Crippen LogP contribution in [0.15, 0.2) is 23.2 Å². The summed E-state index contributed by atoms with van der Waals surface area (Å²) in [6, 6.07) is 5.14. The molecule has 0 atom stereocenters. The van der Waals surface area contributed by atoms with Gasteiger partial charge in [-0.1, -0.05) is 69.3 Å². The first-order valence-corrected chi connectivity index (χ1v) is 9.26. The number of halogens is 3. The van der Waals surface area contributed by atoms with Gasteiger partial charge in [0.2, 0.25) is 5.91 Å². The first-order chi connectivity index (χ1) is 9.88. The maximum absolute atomic E-state index is 11.8. The number of carbonyl (C=O) groups is 1. The van der Waals surface area contributed by atoms with Crippen LogP contribution in [0.3, 0.4) is 0 Å². The Kier molecular flexibility index (Phi) is 5.68. The predicted octanol–water partition coefficient (Wildman–Crippen LogP) is 5.60. The van der Waals surface area contributed by atoms with Gasteiger partial charge in [-0.15, -0.1) is 0 Å². The number of amides is 1. The molecule has 2 rings (SSSR count). The lowest BCUT2D eigenvalue weighted by Gasteiger charge is -2.09. The summed E-state index contributed by atoms with van der Waals surface area (Å²) in [5.74, 6) is -0.234. The molecule has 0 bridgehead atoms. The molecule has 3 nitrogen and oxygen atoms in total. The Labute approximate surface area is 144 Å². The summed E-state index contributed by atoms with van der Waals surface area (Å²) in [6.07, 6.45) is 0. The van der Waals surface area contributed by atoms with Gasteiger partial charge in [0.25, 0.3) is 0 Å². The van der Waals surface area contributed by atoms with E-state index in [0.717, 1.165) is 0 Å². The van der Waals surface area contributed by atoms with Gasteiger partial charge in [-0.05, 0) is 18.2 Å². The molecule has 0 fully saturated rings. The monoisotopic (exact) mass is 380 g/mol. The fourth-order valence-corrected chi connectivity index (χ4v) is 4.29. The Morgan fingerprint density at radius 1 is 1.24 bits per heavy atom. The Hall–Kier alpha value is -0.590. The van der Waals surface area contributed by atoms with Crippen LogP contribution in [-0.2, 0) is 4.79 Å². The van der Waals surface area contributed by atoms with Gasteiger partial charge in [-0.25, -0.2) is 4.99 Å². The number of benzene rings is 1. The number of hydrogen-bond acceptors (Lipinski definition) is 4. The maximum atomic E-state index is 11.8. The van der Waals surface area contributed by atoms with E-state index in [-0.39, 0.29) is 11.8 Å². The molecule has 0 aliphatic carbocycles. The van der Waals surface area contributed by atoms with Gasteiger partial charge >= 0.3 is 0 Å². The topological polar surface area (TPSA) is 41.5 Å². The van der Waals surface area contributed by atoms with Crippen molar-refractivity contribution in [2.24, 2.45) is 10.9 Å². The van der Waals surface area contributed by atoms with E-state index in [1.807, 2.05) is 13.8 Å². The molecule has 0 spiro atoms. The van der Waals surface area contributed by atoms with Gasteiger partial charge in [-0.2, -0.15) is 0 Å². The van der Waals surface area contributed by atoms with Gasteiger partial charge < -0.3 is 5.32 Å². The van der Waals surface area contributed by atoms with Gasteiger partial charge in [0, 0.05) is 5.92 Å². The molecule has 2 aromatic rings. The molecule has 1 aromatic heterocycles. The van der Waals surface area contributed by atoms with E-state index in [9.17, 15) is 4.79 Å². The minimum Gasteiger partial charge on any atom is -0.324 e. The van der Waals surface area contributed by atoms with Crippen LogP contribution in [0.25, 0.3) is 0 Å². The average Bonchev–Trinajstić information content (AvgIpc) is 2.74. The Bertz CT molecular complexity index is 737. The van der Waals surface area contributed by atoms with Crippen LogP contribution in [0.1, 0.15) is 13.8 Å². The smallest absolute Gasteiger partial charge is 0.226 e. The van der Waals surface area contributed by atoms with E-state index in [1.165, 1.54) is 20.7 Å². The van der Waals surface area contributed by atoms with E-state index in [4.69, 9.17) is 34.8 Å². The van der Waals surface area contributed by atoms with Crippen molar-refractivity contribution in [3.8, 4) is 0 Å². The van der Waals surface area contributed by atoms with Crippen molar-refractivity contribution in [2.75, 3.05) is 5.32 Å². The van der Waals surface area contributed by atoms with Crippen molar-refractivity contribution in [3.63, 3.8) is 0 Å². The van der Waals surface area contributed by atoms with Crippen molar-refractivity contribution in [3.05, 3.63) is 37.3 Å². The largest absolute Gasteiger partial charge is 0.324 e. The molecule has 1 heterocycles. The third-order valence-corrected chi connectivity index (χ3v) is 6.34. The number of anilines is 1. The summed E-state index contributed by atoms with van der Waals surface area (Å²) in [6.45, 7) is 3.62. The number of nitrogens with one attached hydrogen (secondary N) is 1. The summed E-state index contributed by atoms with van der Waals surface area (Å²) >= 11 is 18.1. The highest BCUT2D eigenvalue weighted by Crippen LogP contribution is 2.30. The SMILES string of the molecule is CC(C)C(=O)Nc1cc(N=c2ssc(Cl)c2Cl)ccc1Cl. The molecular formula is C13H11Cl3N2OS2. The highest BCUT2D eigenvalue weighted by Gasteiger charge is 2.10. The van der Waals surface area contributed by atoms with Gasteiger partial charge in [0.05, 0.1) is 16.4 Å². The van der Waals surface area contributed by atoms with Gasteiger partial charge in [0.15, 0.2) is 0 Å². The molecular weight excluding hydrogens is 371 g/mol. The van der Waals surface area contributed by atoms with E-state index in [2.05, 4.69) is 10.3 Å². The molecule has 1 N–H and O–H groups in total. The minimum absolute atomic E-state index is 0.103. The van der Waals surface area contributed by atoms with Crippen LogP contribution in [0.4, 0.5) is 11.4 Å². The van der Waals surface area contributed by atoms with E-state index in [0.29, 0.717) is 30.4 Å². The van der Waals surface area contributed by atoms with E-state index in [1.54, 1.807) is 18.2 Å². The van der Waals surface area contributed by atoms with Gasteiger partial charge in [-0.3, -0.25) is 4.79 Å². The lowest BCUT2D eigenvalue weighted by molar-refractivity contribution is -0.118. The molecule has 21 heavy (non-hydrogen) atoms. The number of rotatable bonds is 3. The molecule has 0 aliphatic heterocycles. The average molecular weight is 382 g/mol. The highest BCUT2D eigenvalue weighted by atomic mass is 35.5. The lowest BCUT2D eigenvalue weighted by atomic mass is 10.2. The quantitative estimate of drug-likeness (QED) is 0.691. The molecule has 0 radical (unpaired) electrons. The van der Waals surface area contributed by atoms with Crippen molar-refractivity contribution in [1.29, 1.82) is 0 Å².